The minimum absolute atomic E-state index is 0.114. The number of pyridine rings is 1. The van der Waals surface area contributed by atoms with Gasteiger partial charge in [-0.15, -0.1) is 0 Å². The van der Waals surface area contributed by atoms with E-state index in [1.54, 1.807) is 36.7 Å². The van der Waals surface area contributed by atoms with E-state index in [9.17, 15) is 13.2 Å². The summed E-state index contributed by atoms with van der Waals surface area (Å²) < 4.78 is 32.8. The minimum atomic E-state index is -3.87. The molecule has 1 heterocycles. The summed E-state index contributed by atoms with van der Waals surface area (Å²) in [6.45, 7) is 0.212. The number of aromatic nitrogens is 1. The summed E-state index contributed by atoms with van der Waals surface area (Å²) >= 11 is 0. The number of nitrogens with zero attached hydrogens (tertiary/aromatic N) is 2. The van der Waals surface area contributed by atoms with E-state index >= 15 is 0 Å². The molecule has 162 valence electrons. The molecule has 1 aromatic heterocycles. The third kappa shape index (κ3) is 6.37. The van der Waals surface area contributed by atoms with E-state index in [-0.39, 0.29) is 23.9 Å². The number of sulfonamides is 1. The lowest BCUT2D eigenvalue weighted by Crippen LogP contribution is -2.41. The van der Waals surface area contributed by atoms with Crippen LogP contribution in [0, 0.1) is 0 Å². The Bertz CT molecular complexity index is 1070. The molecule has 1 N–H and O–H groups in total. The number of hydrogen-bond donors (Lipinski definition) is 1. The quantitative estimate of drug-likeness (QED) is 0.525. The van der Waals surface area contributed by atoms with Gasteiger partial charge in [-0.05, 0) is 53.9 Å². The van der Waals surface area contributed by atoms with Gasteiger partial charge in [-0.25, -0.2) is 8.42 Å². The molecule has 0 aliphatic carbocycles. The molecule has 0 bridgehead atoms. The van der Waals surface area contributed by atoms with Crippen LogP contribution in [0.1, 0.15) is 11.1 Å². The molecule has 8 heteroatoms. The van der Waals surface area contributed by atoms with Gasteiger partial charge in [0, 0.05) is 25.5 Å². The molecule has 3 rings (SSSR count). The Balaban J connectivity index is 1.75. The second-order valence-corrected chi connectivity index (χ2v) is 8.82. The van der Waals surface area contributed by atoms with Crippen molar-refractivity contribution in [2.75, 3.05) is 20.2 Å². The molecule has 0 fully saturated rings. The summed E-state index contributed by atoms with van der Waals surface area (Å²) in [6.07, 6.45) is 3.78. The highest BCUT2D eigenvalue weighted by Crippen LogP contribution is 2.20. The van der Waals surface area contributed by atoms with Crippen molar-refractivity contribution in [1.82, 2.24) is 14.6 Å². The van der Waals surface area contributed by atoms with Crippen LogP contribution in [0.3, 0.4) is 0 Å². The Kier molecular flexibility index (Phi) is 7.75. The molecule has 7 nitrogen and oxygen atoms in total. The summed E-state index contributed by atoms with van der Waals surface area (Å²) in [5.41, 5.74) is 1.88. The minimum Gasteiger partial charge on any atom is -0.497 e. The standard InChI is InChI=1S/C23H25N3O4S/c1-30-21-7-9-22(10-8-21)31(28,29)26(16-13-19-5-3-2-4-6-19)18-23(27)25-17-20-11-14-24-15-12-20/h2-12,14-15H,13,16-18H2,1H3,(H,25,27). The van der Waals surface area contributed by atoms with Crippen LogP contribution in [0.25, 0.3) is 0 Å². The molecule has 0 aliphatic rings. The Labute approximate surface area is 182 Å². The van der Waals surface area contributed by atoms with Crippen molar-refractivity contribution < 1.29 is 17.9 Å². The van der Waals surface area contributed by atoms with Gasteiger partial charge in [0.15, 0.2) is 0 Å². The summed E-state index contributed by atoms with van der Waals surface area (Å²) in [7, 11) is -2.35. The predicted octanol–water partition coefficient (Wildman–Crippen LogP) is 2.64. The first-order valence-corrected chi connectivity index (χ1v) is 11.3. The molecule has 31 heavy (non-hydrogen) atoms. The van der Waals surface area contributed by atoms with Crippen molar-refractivity contribution in [2.24, 2.45) is 0 Å². The third-order valence-electron chi connectivity index (χ3n) is 4.75. The largest absolute Gasteiger partial charge is 0.497 e. The Hall–Kier alpha value is -3.23. The second kappa shape index (κ2) is 10.7. The number of carbonyl (C=O) groups excluding carboxylic acids is 1. The van der Waals surface area contributed by atoms with Gasteiger partial charge in [-0.2, -0.15) is 4.31 Å². The van der Waals surface area contributed by atoms with Crippen LogP contribution in [0.15, 0.2) is 84.0 Å². The molecule has 0 spiro atoms. The zero-order valence-corrected chi connectivity index (χ0v) is 18.1. The van der Waals surface area contributed by atoms with Crippen molar-refractivity contribution in [3.8, 4) is 5.75 Å². The first-order chi connectivity index (χ1) is 15.0. The molecule has 0 unspecified atom stereocenters. The number of rotatable bonds is 10. The summed E-state index contributed by atoms with van der Waals surface area (Å²) in [5, 5.41) is 2.78. The maximum atomic E-state index is 13.3. The first kappa shape index (κ1) is 22.5. The number of amides is 1. The fourth-order valence-electron chi connectivity index (χ4n) is 3.00. The van der Waals surface area contributed by atoms with Crippen LogP contribution in [0.2, 0.25) is 0 Å². The number of hydrogen-bond acceptors (Lipinski definition) is 5. The second-order valence-electron chi connectivity index (χ2n) is 6.88. The lowest BCUT2D eigenvalue weighted by Gasteiger charge is -2.22. The van der Waals surface area contributed by atoms with E-state index in [1.165, 1.54) is 23.5 Å². The highest BCUT2D eigenvalue weighted by Gasteiger charge is 2.26. The number of nitrogens with one attached hydrogen (secondary N) is 1. The molecule has 0 saturated heterocycles. The van der Waals surface area contributed by atoms with Crippen LogP contribution in [0.4, 0.5) is 0 Å². The maximum absolute atomic E-state index is 13.3. The molecule has 2 aromatic carbocycles. The number of methoxy groups -OCH3 is 1. The fourth-order valence-corrected chi connectivity index (χ4v) is 4.39. The molecule has 0 radical (unpaired) electrons. The van der Waals surface area contributed by atoms with Crippen molar-refractivity contribution in [1.29, 1.82) is 0 Å². The number of ether oxygens (including phenoxy) is 1. The van der Waals surface area contributed by atoms with Gasteiger partial charge in [0.05, 0.1) is 18.6 Å². The van der Waals surface area contributed by atoms with Crippen molar-refractivity contribution >= 4 is 15.9 Å². The van der Waals surface area contributed by atoms with Gasteiger partial charge in [-0.3, -0.25) is 9.78 Å². The van der Waals surface area contributed by atoms with Gasteiger partial charge in [0.25, 0.3) is 0 Å². The van der Waals surface area contributed by atoms with Crippen LogP contribution in [0.5, 0.6) is 5.75 Å². The molecule has 0 saturated carbocycles. The molecule has 3 aromatic rings. The zero-order chi connectivity index (χ0) is 22.1. The Morgan fingerprint density at radius 3 is 2.29 bits per heavy atom. The van der Waals surface area contributed by atoms with E-state index in [1.807, 2.05) is 30.3 Å². The number of carbonyl (C=O) groups is 1. The molecule has 0 aliphatic heterocycles. The van der Waals surface area contributed by atoms with E-state index in [0.717, 1.165) is 11.1 Å². The zero-order valence-electron chi connectivity index (χ0n) is 17.3. The number of benzene rings is 2. The summed E-state index contributed by atoms with van der Waals surface area (Å²) in [6, 6.07) is 19.3. The average molecular weight is 440 g/mol. The monoisotopic (exact) mass is 439 g/mol. The Morgan fingerprint density at radius 2 is 1.65 bits per heavy atom. The first-order valence-electron chi connectivity index (χ1n) is 9.83. The topological polar surface area (TPSA) is 88.6 Å². The summed E-state index contributed by atoms with van der Waals surface area (Å²) in [4.78, 5) is 16.6. The average Bonchev–Trinajstić information content (AvgIpc) is 2.81. The van der Waals surface area contributed by atoms with Crippen LogP contribution in [-0.2, 0) is 27.8 Å². The molecule has 1 amide bonds. The maximum Gasteiger partial charge on any atom is 0.243 e. The predicted molar refractivity (Wildman–Crippen MR) is 118 cm³/mol. The van der Waals surface area contributed by atoms with Crippen molar-refractivity contribution in [3.63, 3.8) is 0 Å². The normalized spacial score (nSPS) is 11.3. The highest BCUT2D eigenvalue weighted by atomic mass is 32.2. The van der Waals surface area contributed by atoms with Gasteiger partial charge < -0.3 is 10.1 Å². The van der Waals surface area contributed by atoms with E-state index in [0.29, 0.717) is 18.7 Å². The van der Waals surface area contributed by atoms with Gasteiger partial charge in [-0.1, -0.05) is 30.3 Å². The molecule has 0 atom stereocenters. The SMILES string of the molecule is COc1ccc(S(=O)(=O)N(CCc2ccccc2)CC(=O)NCc2ccncc2)cc1. The molecular weight excluding hydrogens is 414 g/mol. The summed E-state index contributed by atoms with van der Waals surface area (Å²) in [5.74, 6) is 0.187. The van der Waals surface area contributed by atoms with Crippen molar-refractivity contribution in [2.45, 2.75) is 17.9 Å². The molecular formula is C23H25N3O4S. The van der Waals surface area contributed by atoms with Gasteiger partial charge in [0.1, 0.15) is 5.75 Å². The van der Waals surface area contributed by atoms with E-state index < -0.39 is 10.0 Å². The van der Waals surface area contributed by atoms with Gasteiger partial charge in [0.2, 0.25) is 15.9 Å². The van der Waals surface area contributed by atoms with E-state index in [4.69, 9.17) is 4.74 Å². The van der Waals surface area contributed by atoms with E-state index in [2.05, 4.69) is 10.3 Å². The lowest BCUT2D eigenvalue weighted by atomic mass is 10.1. The Morgan fingerprint density at radius 1 is 0.968 bits per heavy atom. The van der Waals surface area contributed by atoms with Crippen LogP contribution >= 0.6 is 0 Å². The third-order valence-corrected chi connectivity index (χ3v) is 6.61. The fraction of sp³-hybridized carbons (Fsp3) is 0.217. The van der Waals surface area contributed by atoms with Crippen LogP contribution < -0.4 is 10.1 Å². The van der Waals surface area contributed by atoms with Crippen molar-refractivity contribution in [3.05, 3.63) is 90.3 Å². The smallest absolute Gasteiger partial charge is 0.243 e. The lowest BCUT2D eigenvalue weighted by molar-refractivity contribution is -0.121. The van der Waals surface area contributed by atoms with Crippen LogP contribution in [-0.4, -0.2) is 43.8 Å². The van der Waals surface area contributed by atoms with Gasteiger partial charge >= 0.3 is 0 Å². The highest BCUT2D eigenvalue weighted by molar-refractivity contribution is 7.89.